The minimum absolute atomic E-state index is 0.0301. The molecule has 0 bridgehead atoms. The molecule has 9 nitrogen and oxygen atoms in total. The van der Waals surface area contributed by atoms with Gasteiger partial charge in [0.15, 0.2) is 0 Å². The van der Waals surface area contributed by atoms with Crippen LogP contribution in [-0.2, 0) is 19.6 Å². The predicted molar refractivity (Wildman–Crippen MR) is 100 cm³/mol. The standard InChI is InChI=1S/C18H19N5O4S/c1-13-6-8-14(9-7-13)17(11-18(24)27-2)20-28(25,26)16-5-3-4-15(10-16)23-12-19-21-22-23/h3-10,12,17,20H,11H2,1-2H3. The first-order valence-electron chi connectivity index (χ1n) is 8.38. The number of sulfonamides is 1. The molecular weight excluding hydrogens is 382 g/mol. The van der Waals surface area contributed by atoms with Gasteiger partial charge in [-0.05, 0) is 41.1 Å². The van der Waals surface area contributed by atoms with Gasteiger partial charge >= 0.3 is 5.97 Å². The smallest absolute Gasteiger partial charge is 0.307 e. The lowest BCUT2D eigenvalue weighted by atomic mass is 10.0. The third-order valence-electron chi connectivity index (χ3n) is 4.12. The Kier molecular flexibility index (Phi) is 5.81. The first-order valence-corrected chi connectivity index (χ1v) is 9.86. The Labute approximate surface area is 162 Å². The maximum Gasteiger partial charge on any atom is 0.307 e. The van der Waals surface area contributed by atoms with Crippen LogP contribution in [0.1, 0.15) is 23.6 Å². The maximum atomic E-state index is 13.0. The fraction of sp³-hybridized carbons (Fsp3) is 0.222. The Morgan fingerprint density at radius 3 is 2.61 bits per heavy atom. The quantitative estimate of drug-likeness (QED) is 0.597. The number of rotatable bonds is 7. The summed E-state index contributed by atoms with van der Waals surface area (Å²) in [6.45, 7) is 1.92. The fourth-order valence-electron chi connectivity index (χ4n) is 2.60. The Morgan fingerprint density at radius 2 is 1.96 bits per heavy atom. The number of nitrogens with one attached hydrogen (secondary N) is 1. The molecule has 28 heavy (non-hydrogen) atoms. The second-order valence-electron chi connectivity index (χ2n) is 6.12. The molecule has 10 heteroatoms. The molecule has 0 aliphatic rings. The van der Waals surface area contributed by atoms with Crippen LogP contribution in [0.3, 0.4) is 0 Å². The van der Waals surface area contributed by atoms with E-state index in [4.69, 9.17) is 4.74 Å². The van der Waals surface area contributed by atoms with Crippen molar-refractivity contribution in [3.05, 3.63) is 66.0 Å². The first kappa shape index (κ1) is 19.6. The zero-order valence-corrected chi connectivity index (χ0v) is 16.1. The van der Waals surface area contributed by atoms with E-state index in [0.29, 0.717) is 11.3 Å². The van der Waals surface area contributed by atoms with E-state index in [2.05, 4.69) is 20.2 Å². The van der Waals surface area contributed by atoms with Gasteiger partial charge in [0, 0.05) is 0 Å². The van der Waals surface area contributed by atoms with Crippen molar-refractivity contribution in [3.8, 4) is 5.69 Å². The average Bonchev–Trinajstić information content (AvgIpc) is 3.23. The monoisotopic (exact) mass is 401 g/mol. The number of carbonyl (C=O) groups is 1. The van der Waals surface area contributed by atoms with Gasteiger partial charge in [-0.15, -0.1) is 5.10 Å². The SMILES string of the molecule is COC(=O)CC(NS(=O)(=O)c1cccc(-n2cnnn2)c1)c1ccc(C)cc1. The largest absolute Gasteiger partial charge is 0.469 e. The van der Waals surface area contributed by atoms with Gasteiger partial charge in [-0.1, -0.05) is 35.9 Å². The van der Waals surface area contributed by atoms with Gasteiger partial charge < -0.3 is 4.74 Å². The lowest BCUT2D eigenvalue weighted by Crippen LogP contribution is -2.30. The van der Waals surface area contributed by atoms with Crippen molar-refractivity contribution in [2.75, 3.05) is 7.11 Å². The summed E-state index contributed by atoms with van der Waals surface area (Å²) in [5, 5.41) is 10.8. The zero-order chi connectivity index (χ0) is 20.1. The number of aromatic nitrogens is 4. The summed E-state index contributed by atoms with van der Waals surface area (Å²) < 4.78 is 34.6. The molecule has 0 radical (unpaired) electrons. The van der Waals surface area contributed by atoms with E-state index in [1.54, 1.807) is 24.3 Å². The topological polar surface area (TPSA) is 116 Å². The molecule has 1 heterocycles. The van der Waals surface area contributed by atoms with Crippen molar-refractivity contribution in [2.24, 2.45) is 0 Å². The van der Waals surface area contributed by atoms with Crippen molar-refractivity contribution in [1.82, 2.24) is 24.9 Å². The lowest BCUT2D eigenvalue weighted by Gasteiger charge is -2.19. The molecule has 146 valence electrons. The highest BCUT2D eigenvalue weighted by Crippen LogP contribution is 2.22. The number of ether oxygens (including phenoxy) is 1. The number of tetrazole rings is 1. The first-order chi connectivity index (χ1) is 13.4. The molecule has 1 aromatic heterocycles. The number of nitrogens with zero attached hydrogens (tertiary/aromatic N) is 4. The summed E-state index contributed by atoms with van der Waals surface area (Å²) in [4.78, 5) is 11.8. The van der Waals surface area contributed by atoms with Crippen LogP contribution in [-0.4, -0.2) is 41.7 Å². The van der Waals surface area contributed by atoms with Gasteiger partial charge in [0.2, 0.25) is 10.0 Å². The van der Waals surface area contributed by atoms with Crippen LogP contribution < -0.4 is 4.72 Å². The molecule has 0 saturated heterocycles. The summed E-state index contributed by atoms with van der Waals surface area (Å²) in [5.74, 6) is -0.518. The summed E-state index contributed by atoms with van der Waals surface area (Å²) in [6, 6.07) is 12.7. The number of methoxy groups -OCH3 is 1. The van der Waals surface area contributed by atoms with Crippen molar-refractivity contribution in [2.45, 2.75) is 24.3 Å². The van der Waals surface area contributed by atoms with Crippen molar-refractivity contribution < 1.29 is 17.9 Å². The third-order valence-corrected chi connectivity index (χ3v) is 5.59. The lowest BCUT2D eigenvalue weighted by molar-refractivity contribution is -0.141. The van der Waals surface area contributed by atoms with Crippen LogP contribution in [0.2, 0.25) is 0 Å². The molecule has 3 rings (SSSR count). The number of esters is 1. The Hall–Kier alpha value is -3.11. The van der Waals surface area contributed by atoms with Crippen LogP contribution in [0.25, 0.3) is 5.69 Å². The second-order valence-corrected chi connectivity index (χ2v) is 7.83. The predicted octanol–water partition coefficient (Wildman–Crippen LogP) is 1.55. The van der Waals surface area contributed by atoms with E-state index in [0.717, 1.165) is 5.56 Å². The van der Waals surface area contributed by atoms with Gasteiger partial charge in [-0.2, -0.15) is 0 Å². The number of hydrogen-bond donors (Lipinski definition) is 1. The number of benzene rings is 2. The third kappa shape index (κ3) is 4.59. The molecule has 1 N–H and O–H groups in total. The molecule has 0 fully saturated rings. The zero-order valence-electron chi connectivity index (χ0n) is 15.3. The molecule has 3 aromatic rings. The highest BCUT2D eigenvalue weighted by molar-refractivity contribution is 7.89. The van der Waals surface area contributed by atoms with Gasteiger partial charge in [0.25, 0.3) is 0 Å². The van der Waals surface area contributed by atoms with Crippen LogP contribution >= 0.6 is 0 Å². The Morgan fingerprint density at radius 1 is 1.21 bits per heavy atom. The molecule has 1 atom stereocenters. The van der Waals surface area contributed by atoms with Crippen LogP contribution in [0.15, 0.2) is 59.8 Å². The molecule has 0 aliphatic carbocycles. The van der Waals surface area contributed by atoms with Crippen molar-refractivity contribution >= 4 is 16.0 Å². The van der Waals surface area contributed by atoms with E-state index in [-0.39, 0.29) is 11.3 Å². The minimum atomic E-state index is -3.92. The van der Waals surface area contributed by atoms with Crippen LogP contribution in [0.4, 0.5) is 0 Å². The van der Waals surface area contributed by atoms with E-state index in [1.807, 2.05) is 19.1 Å². The minimum Gasteiger partial charge on any atom is -0.469 e. The molecule has 2 aromatic carbocycles. The highest BCUT2D eigenvalue weighted by Gasteiger charge is 2.24. The molecule has 0 amide bonds. The highest BCUT2D eigenvalue weighted by atomic mass is 32.2. The fourth-order valence-corrected chi connectivity index (χ4v) is 3.87. The van der Waals surface area contributed by atoms with Crippen molar-refractivity contribution in [1.29, 1.82) is 0 Å². The number of aryl methyl sites for hydroxylation is 1. The molecule has 0 saturated carbocycles. The molecular formula is C18H19N5O4S. The van der Waals surface area contributed by atoms with Crippen LogP contribution in [0, 0.1) is 6.92 Å². The molecule has 1 unspecified atom stereocenters. The normalized spacial score (nSPS) is 12.5. The average molecular weight is 401 g/mol. The van der Waals surface area contributed by atoms with Gasteiger partial charge in [-0.3, -0.25) is 4.79 Å². The van der Waals surface area contributed by atoms with E-state index < -0.39 is 22.0 Å². The van der Waals surface area contributed by atoms with Crippen molar-refractivity contribution in [3.63, 3.8) is 0 Å². The van der Waals surface area contributed by atoms with E-state index >= 15 is 0 Å². The Bertz CT molecular complexity index is 1050. The summed E-state index contributed by atoms with van der Waals surface area (Å²) in [6.07, 6.45) is 1.23. The van der Waals surface area contributed by atoms with Gasteiger partial charge in [-0.25, -0.2) is 17.8 Å². The summed E-state index contributed by atoms with van der Waals surface area (Å²) in [5.41, 5.74) is 2.18. The Balaban J connectivity index is 1.91. The van der Waals surface area contributed by atoms with E-state index in [9.17, 15) is 13.2 Å². The van der Waals surface area contributed by atoms with E-state index in [1.165, 1.54) is 30.3 Å². The number of hydrogen-bond acceptors (Lipinski definition) is 7. The maximum absolute atomic E-state index is 13.0. The molecule has 0 aliphatic heterocycles. The van der Waals surface area contributed by atoms with Gasteiger partial charge in [0.1, 0.15) is 6.33 Å². The molecule has 0 spiro atoms. The second kappa shape index (κ2) is 8.28. The summed E-state index contributed by atoms with van der Waals surface area (Å²) >= 11 is 0. The van der Waals surface area contributed by atoms with Crippen LogP contribution in [0.5, 0.6) is 0 Å². The van der Waals surface area contributed by atoms with Gasteiger partial charge in [0.05, 0.1) is 30.2 Å². The number of carbonyl (C=O) groups excluding carboxylic acids is 1. The summed E-state index contributed by atoms with van der Waals surface area (Å²) in [7, 11) is -2.66.